The molecule has 3 rings (SSSR count). The molecule has 0 radical (unpaired) electrons. The number of hydrogen-bond donors (Lipinski definition) is 1. The Morgan fingerprint density at radius 3 is 2.83 bits per heavy atom. The van der Waals surface area contributed by atoms with Gasteiger partial charge in [-0.15, -0.1) is 11.3 Å². The Bertz CT molecular complexity index is 1100. The molecule has 0 aliphatic heterocycles. The zero-order valence-electron chi connectivity index (χ0n) is 15.7. The summed E-state index contributed by atoms with van der Waals surface area (Å²) in [5, 5.41) is 15.5. The van der Waals surface area contributed by atoms with Crippen LogP contribution in [0, 0.1) is 10.1 Å². The number of nitrogens with zero attached hydrogens (tertiary/aromatic N) is 2. The smallest absolute Gasteiger partial charge is 0.281 e. The molecular weight excluding hydrogens is 458 g/mol. The van der Waals surface area contributed by atoms with E-state index in [1.807, 2.05) is 25.1 Å². The molecule has 1 N–H and O–H groups in total. The summed E-state index contributed by atoms with van der Waals surface area (Å²) in [6.07, 6.45) is 2.56. The van der Waals surface area contributed by atoms with Gasteiger partial charge >= 0.3 is 0 Å². The summed E-state index contributed by atoms with van der Waals surface area (Å²) in [5.74, 6) is 0.376. The van der Waals surface area contributed by atoms with Gasteiger partial charge in [0.05, 0.1) is 26.6 Å². The van der Waals surface area contributed by atoms with Gasteiger partial charge < -0.3 is 4.74 Å². The van der Waals surface area contributed by atoms with E-state index >= 15 is 0 Å². The minimum Gasteiger partial charge on any atom is -0.490 e. The van der Waals surface area contributed by atoms with Crippen molar-refractivity contribution in [3.63, 3.8) is 0 Å². The van der Waals surface area contributed by atoms with Gasteiger partial charge in [-0.3, -0.25) is 14.9 Å². The molecule has 0 spiro atoms. The van der Waals surface area contributed by atoms with E-state index in [0.29, 0.717) is 10.3 Å². The highest BCUT2D eigenvalue weighted by molar-refractivity contribution is 9.10. The van der Waals surface area contributed by atoms with Gasteiger partial charge in [0.2, 0.25) is 0 Å². The molecule has 0 fully saturated rings. The monoisotopic (exact) mass is 475 g/mol. The first-order valence-electron chi connectivity index (χ1n) is 8.85. The van der Waals surface area contributed by atoms with Crippen LogP contribution < -0.4 is 10.2 Å². The molecule has 3 aromatic rings. The maximum absolute atomic E-state index is 12.3. The molecule has 0 aliphatic rings. The van der Waals surface area contributed by atoms with Crippen LogP contribution in [0.4, 0.5) is 5.69 Å². The van der Waals surface area contributed by atoms with Crippen molar-refractivity contribution in [2.24, 2.45) is 5.10 Å². The number of carbonyl (C=O) groups is 1. The molecular formula is C20H18BrN3O4S. The number of carbonyl (C=O) groups excluding carboxylic acids is 1. The van der Waals surface area contributed by atoms with Gasteiger partial charge in [-0.25, -0.2) is 5.43 Å². The van der Waals surface area contributed by atoms with E-state index in [1.54, 1.807) is 12.1 Å². The molecule has 29 heavy (non-hydrogen) atoms. The zero-order chi connectivity index (χ0) is 21.0. The molecule has 1 amide bonds. The lowest BCUT2D eigenvalue weighted by Gasteiger charge is -2.14. The lowest BCUT2D eigenvalue weighted by Crippen LogP contribution is -2.16. The first-order chi connectivity index (χ1) is 13.9. The van der Waals surface area contributed by atoms with E-state index < -0.39 is 4.92 Å². The number of benzene rings is 2. The average molecular weight is 476 g/mol. The maximum atomic E-state index is 12.3. The van der Waals surface area contributed by atoms with Gasteiger partial charge in [0.1, 0.15) is 5.75 Å². The standard InChI is InChI=1S/C20H18BrN3O4S/c1-3-12(2)28-17-6-4-13(8-16(17)21)11-22-23-20(25)19-10-14-9-15(24(26)27)5-7-18(14)29-19/h4-12H,3H2,1-2H3,(H,23,25)/b22-11-/t12-/m0/s1. The molecule has 1 heterocycles. The lowest BCUT2D eigenvalue weighted by atomic mass is 10.2. The fraction of sp³-hybridized carbons (Fsp3) is 0.200. The Hall–Kier alpha value is -2.78. The van der Waals surface area contributed by atoms with Crippen LogP contribution in [-0.2, 0) is 0 Å². The minimum absolute atomic E-state index is 0.00777. The number of amides is 1. The second-order valence-corrected chi connectivity index (χ2v) is 8.25. The Labute approximate surface area is 179 Å². The number of hydrogen-bond acceptors (Lipinski definition) is 6. The highest BCUT2D eigenvalue weighted by atomic mass is 79.9. The summed E-state index contributed by atoms with van der Waals surface area (Å²) >= 11 is 4.73. The van der Waals surface area contributed by atoms with Crippen LogP contribution in [-0.4, -0.2) is 23.1 Å². The number of nitro benzene ring substituents is 1. The second kappa shape index (κ2) is 9.15. The van der Waals surface area contributed by atoms with Gasteiger partial charge in [0.25, 0.3) is 11.6 Å². The topological polar surface area (TPSA) is 93.8 Å². The predicted molar refractivity (Wildman–Crippen MR) is 118 cm³/mol. The number of halogens is 1. The summed E-state index contributed by atoms with van der Waals surface area (Å²) < 4.78 is 7.40. The molecule has 1 atom stereocenters. The fourth-order valence-corrected chi connectivity index (χ4v) is 3.89. The number of nitro groups is 1. The molecule has 7 nitrogen and oxygen atoms in total. The van der Waals surface area contributed by atoms with Gasteiger partial charge in [-0.1, -0.05) is 6.92 Å². The van der Waals surface area contributed by atoms with Crippen LogP contribution in [0.15, 0.2) is 52.0 Å². The number of rotatable bonds is 7. The largest absolute Gasteiger partial charge is 0.490 e. The third-order valence-electron chi connectivity index (χ3n) is 4.17. The summed E-state index contributed by atoms with van der Waals surface area (Å²) in [7, 11) is 0. The Morgan fingerprint density at radius 1 is 1.34 bits per heavy atom. The summed E-state index contributed by atoms with van der Waals surface area (Å²) in [6.45, 7) is 4.06. The van der Waals surface area contributed by atoms with Crippen LogP contribution in [0.5, 0.6) is 5.75 Å². The minimum atomic E-state index is -0.460. The van der Waals surface area contributed by atoms with Crippen molar-refractivity contribution in [1.82, 2.24) is 5.43 Å². The molecule has 0 aliphatic carbocycles. The number of thiophene rings is 1. The highest BCUT2D eigenvalue weighted by Crippen LogP contribution is 2.29. The molecule has 1 aromatic heterocycles. The molecule has 150 valence electrons. The van der Waals surface area contributed by atoms with Crippen molar-refractivity contribution in [3.8, 4) is 5.75 Å². The van der Waals surface area contributed by atoms with Gasteiger partial charge in [-0.2, -0.15) is 5.10 Å². The summed E-state index contributed by atoms with van der Waals surface area (Å²) in [5.41, 5.74) is 3.27. The summed E-state index contributed by atoms with van der Waals surface area (Å²) in [4.78, 5) is 23.2. The SMILES string of the molecule is CC[C@H](C)Oc1ccc(/C=N\NC(=O)c2cc3cc([N+](=O)[O-])ccc3s2)cc1Br. The van der Waals surface area contributed by atoms with E-state index in [-0.39, 0.29) is 17.7 Å². The zero-order valence-corrected chi connectivity index (χ0v) is 18.1. The van der Waals surface area contributed by atoms with Gasteiger partial charge in [0.15, 0.2) is 0 Å². The highest BCUT2D eigenvalue weighted by Gasteiger charge is 2.13. The molecule has 2 aromatic carbocycles. The molecule has 0 saturated carbocycles. The van der Waals surface area contributed by atoms with Crippen molar-refractivity contribution >= 4 is 55.2 Å². The number of non-ortho nitro benzene ring substituents is 1. The van der Waals surface area contributed by atoms with Crippen molar-refractivity contribution < 1.29 is 14.5 Å². The van der Waals surface area contributed by atoms with Crippen LogP contribution >= 0.6 is 27.3 Å². The van der Waals surface area contributed by atoms with Crippen molar-refractivity contribution in [2.75, 3.05) is 0 Å². The van der Waals surface area contributed by atoms with Crippen LogP contribution in [0.1, 0.15) is 35.5 Å². The Kier molecular flexibility index (Phi) is 6.60. The first-order valence-corrected chi connectivity index (χ1v) is 10.5. The summed E-state index contributed by atoms with van der Waals surface area (Å²) in [6, 6.07) is 11.7. The van der Waals surface area contributed by atoms with E-state index in [2.05, 4.69) is 33.4 Å². The third-order valence-corrected chi connectivity index (χ3v) is 5.91. The first kappa shape index (κ1) is 20.9. The quantitative estimate of drug-likeness (QED) is 0.276. The van der Waals surface area contributed by atoms with Crippen molar-refractivity contribution in [1.29, 1.82) is 0 Å². The van der Waals surface area contributed by atoms with E-state index in [1.165, 1.54) is 29.7 Å². The van der Waals surface area contributed by atoms with Crippen LogP contribution in [0.2, 0.25) is 0 Å². The van der Waals surface area contributed by atoms with Crippen LogP contribution in [0.25, 0.3) is 10.1 Å². The van der Waals surface area contributed by atoms with E-state index in [0.717, 1.165) is 26.9 Å². The van der Waals surface area contributed by atoms with E-state index in [4.69, 9.17) is 4.74 Å². The third kappa shape index (κ3) is 5.18. The number of ether oxygens (including phenoxy) is 1. The molecule has 0 unspecified atom stereocenters. The Morgan fingerprint density at radius 2 is 2.14 bits per heavy atom. The number of nitrogens with one attached hydrogen (secondary N) is 1. The maximum Gasteiger partial charge on any atom is 0.281 e. The van der Waals surface area contributed by atoms with Crippen LogP contribution in [0.3, 0.4) is 0 Å². The number of hydrazone groups is 1. The van der Waals surface area contributed by atoms with Crippen molar-refractivity contribution in [2.45, 2.75) is 26.4 Å². The second-order valence-electron chi connectivity index (χ2n) is 6.32. The normalized spacial score (nSPS) is 12.2. The molecule has 0 saturated heterocycles. The molecule has 9 heteroatoms. The van der Waals surface area contributed by atoms with Gasteiger partial charge in [-0.05, 0) is 65.2 Å². The number of fused-ring (bicyclic) bond motifs is 1. The van der Waals surface area contributed by atoms with Gasteiger partial charge in [0, 0.05) is 22.2 Å². The molecule has 0 bridgehead atoms. The fourth-order valence-electron chi connectivity index (χ4n) is 2.47. The predicted octanol–water partition coefficient (Wildman–Crippen LogP) is 5.51. The van der Waals surface area contributed by atoms with E-state index in [9.17, 15) is 14.9 Å². The average Bonchev–Trinajstić information content (AvgIpc) is 3.13. The lowest BCUT2D eigenvalue weighted by molar-refractivity contribution is -0.384. The van der Waals surface area contributed by atoms with Crippen molar-refractivity contribution in [3.05, 3.63) is 67.5 Å². The Balaban J connectivity index is 1.67.